The fraction of sp³-hybridized carbons (Fsp3) is 0.542. The van der Waals surface area contributed by atoms with E-state index in [1.807, 2.05) is 23.9 Å². The Morgan fingerprint density at radius 1 is 1.17 bits per heavy atom. The van der Waals surface area contributed by atoms with Gasteiger partial charge in [0, 0.05) is 44.1 Å². The highest BCUT2D eigenvalue weighted by Crippen LogP contribution is 2.38. The summed E-state index contributed by atoms with van der Waals surface area (Å²) in [4.78, 5) is 10.4. The molecule has 1 atom stereocenters. The van der Waals surface area contributed by atoms with Crippen LogP contribution in [0.15, 0.2) is 24.5 Å². The van der Waals surface area contributed by atoms with Gasteiger partial charge < -0.3 is 20.7 Å². The third-order valence-corrected chi connectivity index (χ3v) is 6.88. The van der Waals surface area contributed by atoms with Crippen molar-refractivity contribution in [2.45, 2.75) is 63.4 Å². The fourth-order valence-electron chi connectivity index (χ4n) is 5.08. The lowest BCUT2D eigenvalue weighted by Crippen LogP contribution is -2.28. The van der Waals surface area contributed by atoms with Gasteiger partial charge in [0.1, 0.15) is 11.9 Å². The number of nitrogens with one attached hydrogen (secondary N) is 1. The molecule has 3 aromatic rings. The fourth-order valence-corrected chi connectivity index (χ4v) is 5.08. The Kier molecular flexibility index (Phi) is 6.62. The summed E-state index contributed by atoms with van der Waals surface area (Å²) in [5, 5.41) is 9.17. The normalized spacial score (nSPS) is 22.8. The molecule has 0 aromatic carbocycles. The van der Waals surface area contributed by atoms with E-state index in [0.29, 0.717) is 31.7 Å². The topological polar surface area (TPSA) is 94.1 Å². The molecule has 1 aliphatic carbocycles. The summed E-state index contributed by atoms with van der Waals surface area (Å²) in [5.74, 6) is -0.449. The maximum absolute atomic E-state index is 14.4. The van der Waals surface area contributed by atoms with E-state index in [0.717, 1.165) is 54.8 Å². The molecule has 194 valence electrons. The molecule has 1 saturated carbocycles. The highest BCUT2D eigenvalue weighted by Gasteiger charge is 2.37. The molecule has 36 heavy (non-hydrogen) atoms. The van der Waals surface area contributed by atoms with Crippen LogP contribution in [0.4, 0.5) is 29.2 Å². The first kappa shape index (κ1) is 24.5. The minimum Gasteiger partial charge on any atom is -0.472 e. The van der Waals surface area contributed by atoms with E-state index in [2.05, 4.69) is 20.2 Å². The van der Waals surface area contributed by atoms with Crippen molar-refractivity contribution >= 4 is 22.5 Å². The molecule has 0 amide bonds. The second-order valence-electron chi connectivity index (χ2n) is 9.40. The van der Waals surface area contributed by atoms with Crippen molar-refractivity contribution < 1.29 is 22.3 Å². The Morgan fingerprint density at radius 3 is 2.61 bits per heavy atom. The number of hydrogen-bond acceptors (Lipinski definition) is 7. The number of hydrogen-bond donors (Lipinski definition) is 2. The zero-order valence-electron chi connectivity index (χ0n) is 19.9. The molecule has 5 rings (SSSR count). The predicted molar refractivity (Wildman–Crippen MR) is 128 cm³/mol. The van der Waals surface area contributed by atoms with Gasteiger partial charge in [-0.3, -0.25) is 4.68 Å². The number of halogens is 4. The number of alkyl halides is 3. The Labute approximate surface area is 205 Å². The molecule has 0 spiro atoms. The Balaban J connectivity index is 1.35. The number of pyridine rings is 2. The second-order valence-corrected chi connectivity index (χ2v) is 9.40. The number of nitrogens with two attached hydrogens (primary N) is 1. The van der Waals surface area contributed by atoms with E-state index in [9.17, 15) is 17.6 Å². The van der Waals surface area contributed by atoms with Crippen LogP contribution in [0, 0.1) is 5.82 Å². The molecule has 12 heteroatoms. The summed E-state index contributed by atoms with van der Waals surface area (Å²) in [6, 6.07) is 2.78. The number of rotatable bonds is 6. The van der Waals surface area contributed by atoms with Crippen molar-refractivity contribution in [3.05, 3.63) is 35.9 Å². The Morgan fingerprint density at radius 2 is 1.94 bits per heavy atom. The summed E-state index contributed by atoms with van der Waals surface area (Å²) in [6.07, 6.45) is 0.873. The van der Waals surface area contributed by atoms with Crippen LogP contribution in [-0.4, -0.2) is 51.5 Å². The van der Waals surface area contributed by atoms with Gasteiger partial charge >= 0.3 is 6.18 Å². The SMILES string of the molecule is CCNc1cc2c(cn1)c(N1CC[C@H](N)C1)nn2[C@H]1CC[C@@H](Oc2nccc(C(F)(F)F)c2F)CC1. The van der Waals surface area contributed by atoms with E-state index in [1.165, 1.54) is 0 Å². The van der Waals surface area contributed by atoms with Gasteiger partial charge in [0.25, 0.3) is 5.88 Å². The molecule has 0 bridgehead atoms. The van der Waals surface area contributed by atoms with Crippen LogP contribution in [0.1, 0.15) is 50.6 Å². The lowest BCUT2D eigenvalue weighted by molar-refractivity contribution is -0.140. The van der Waals surface area contributed by atoms with Crippen molar-refractivity contribution in [1.82, 2.24) is 19.7 Å². The highest BCUT2D eigenvalue weighted by molar-refractivity contribution is 5.91. The summed E-state index contributed by atoms with van der Waals surface area (Å²) in [5.41, 5.74) is 5.72. The first-order chi connectivity index (χ1) is 17.2. The molecule has 8 nitrogen and oxygen atoms in total. The van der Waals surface area contributed by atoms with E-state index in [1.54, 1.807) is 0 Å². The lowest BCUT2D eigenvalue weighted by Gasteiger charge is -2.29. The van der Waals surface area contributed by atoms with Gasteiger partial charge in [-0.15, -0.1) is 0 Å². The van der Waals surface area contributed by atoms with Crippen LogP contribution in [0.3, 0.4) is 0 Å². The standard InChI is InChI=1S/C24H29F4N7O/c1-2-30-20-11-19-17(12-32-20)22(34-10-8-14(29)13-34)33-35(19)15-3-5-16(6-4-15)36-23-21(25)18(7-9-31-23)24(26,27)28/h7,9,11-12,14-16H,2-6,8,10,13,29H2,1H3,(H,30,32)/t14-,15-,16+/m0/s1. The molecule has 2 aliphatic rings. The summed E-state index contributed by atoms with van der Waals surface area (Å²) in [7, 11) is 0. The van der Waals surface area contributed by atoms with Crippen molar-refractivity contribution in [2.75, 3.05) is 29.9 Å². The molecule has 1 saturated heterocycles. The summed E-state index contributed by atoms with van der Waals surface area (Å²) < 4.78 is 61.1. The molecular weight excluding hydrogens is 478 g/mol. The van der Waals surface area contributed by atoms with Gasteiger partial charge in [0.2, 0.25) is 0 Å². The van der Waals surface area contributed by atoms with Crippen molar-refractivity contribution in [3.8, 4) is 5.88 Å². The first-order valence-electron chi connectivity index (χ1n) is 12.3. The van der Waals surface area contributed by atoms with E-state index < -0.39 is 29.5 Å². The predicted octanol–water partition coefficient (Wildman–Crippen LogP) is 4.52. The van der Waals surface area contributed by atoms with E-state index >= 15 is 0 Å². The van der Waals surface area contributed by atoms with Crippen LogP contribution in [0.5, 0.6) is 5.88 Å². The Bertz CT molecular complexity index is 1220. The number of anilines is 2. The van der Waals surface area contributed by atoms with Crippen molar-refractivity contribution in [1.29, 1.82) is 0 Å². The zero-order chi connectivity index (χ0) is 25.4. The minimum absolute atomic E-state index is 0.0635. The summed E-state index contributed by atoms with van der Waals surface area (Å²) in [6.45, 7) is 4.31. The highest BCUT2D eigenvalue weighted by atomic mass is 19.4. The minimum atomic E-state index is -4.80. The van der Waals surface area contributed by atoms with Crippen LogP contribution in [0.2, 0.25) is 0 Å². The molecule has 3 N–H and O–H groups in total. The van der Waals surface area contributed by atoms with Gasteiger partial charge in [-0.1, -0.05) is 0 Å². The van der Waals surface area contributed by atoms with Crippen LogP contribution in [0.25, 0.3) is 10.9 Å². The lowest BCUT2D eigenvalue weighted by atomic mass is 9.93. The van der Waals surface area contributed by atoms with E-state index in [-0.39, 0.29) is 12.1 Å². The first-order valence-corrected chi connectivity index (χ1v) is 12.3. The van der Waals surface area contributed by atoms with Gasteiger partial charge in [-0.05, 0) is 45.1 Å². The van der Waals surface area contributed by atoms with Crippen LogP contribution in [-0.2, 0) is 6.18 Å². The van der Waals surface area contributed by atoms with Crippen molar-refractivity contribution in [3.63, 3.8) is 0 Å². The van der Waals surface area contributed by atoms with Crippen molar-refractivity contribution in [2.24, 2.45) is 5.73 Å². The van der Waals surface area contributed by atoms with Gasteiger partial charge in [-0.2, -0.15) is 18.3 Å². The molecule has 0 radical (unpaired) electrons. The molecule has 2 fully saturated rings. The third-order valence-electron chi connectivity index (χ3n) is 6.88. The monoisotopic (exact) mass is 507 g/mol. The van der Waals surface area contributed by atoms with Gasteiger partial charge in [0.15, 0.2) is 11.6 Å². The quantitative estimate of drug-likeness (QED) is 0.474. The molecule has 0 unspecified atom stereocenters. The molecule has 3 aromatic heterocycles. The zero-order valence-corrected chi connectivity index (χ0v) is 19.9. The smallest absolute Gasteiger partial charge is 0.419 e. The van der Waals surface area contributed by atoms with Gasteiger partial charge in [0.05, 0.1) is 22.5 Å². The molecule has 4 heterocycles. The molecule has 1 aliphatic heterocycles. The number of nitrogens with zero attached hydrogens (tertiary/aromatic N) is 5. The second kappa shape index (κ2) is 9.72. The largest absolute Gasteiger partial charge is 0.472 e. The van der Waals surface area contributed by atoms with Gasteiger partial charge in [-0.25, -0.2) is 14.4 Å². The number of aromatic nitrogens is 4. The van der Waals surface area contributed by atoms with E-state index in [4.69, 9.17) is 15.6 Å². The number of fused-ring (bicyclic) bond motifs is 1. The average molecular weight is 508 g/mol. The van der Waals surface area contributed by atoms with Crippen LogP contribution >= 0.6 is 0 Å². The Hall–Kier alpha value is -3.15. The maximum Gasteiger partial charge on any atom is 0.419 e. The average Bonchev–Trinajstić information content (AvgIpc) is 3.44. The third kappa shape index (κ3) is 4.78. The maximum atomic E-state index is 14.4. The number of ether oxygens (including phenoxy) is 1. The summed E-state index contributed by atoms with van der Waals surface area (Å²) >= 11 is 0. The molecular formula is C24H29F4N7O. The van der Waals surface area contributed by atoms with Crippen LogP contribution < -0.4 is 20.7 Å².